The lowest BCUT2D eigenvalue weighted by molar-refractivity contribution is -0.149. The Morgan fingerprint density at radius 3 is 2.48 bits per heavy atom. The highest BCUT2D eigenvalue weighted by Crippen LogP contribution is 2.48. The Balaban J connectivity index is 1.62. The Labute approximate surface area is 161 Å². The molecule has 1 saturated carbocycles. The first-order valence-corrected chi connectivity index (χ1v) is 10.0. The van der Waals surface area contributed by atoms with Crippen molar-refractivity contribution < 1.29 is 13.9 Å². The van der Waals surface area contributed by atoms with E-state index < -0.39 is 0 Å². The maximum absolute atomic E-state index is 13.2. The van der Waals surface area contributed by atoms with Gasteiger partial charge in [0.25, 0.3) is 0 Å². The topological polar surface area (TPSA) is 53.9 Å². The fraction of sp³-hybridized carbons (Fsp3) is 0.619. The van der Waals surface area contributed by atoms with Crippen molar-refractivity contribution in [3.05, 3.63) is 35.6 Å². The standard InChI is InChI=1S/C21H30FN3O2/c1-3-23-20(25-13-9-16(10-14-25)19(26)27-4-2)24-15-21(11-12-21)17-5-7-18(22)8-6-17/h5-8,16H,3-4,9-15H2,1-2H3,(H,23,24). The lowest BCUT2D eigenvalue weighted by Gasteiger charge is -2.33. The molecule has 0 bridgehead atoms. The number of nitrogens with zero attached hydrogens (tertiary/aromatic N) is 2. The molecule has 1 saturated heterocycles. The van der Waals surface area contributed by atoms with Crippen molar-refractivity contribution in [2.24, 2.45) is 10.9 Å². The number of benzene rings is 1. The number of guanidine groups is 1. The third-order valence-corrected chi connectivity index (χ3v) is 5.59. The number of piperidine rings is 1. The van der Waals surface area contributed by atoms with Crippen LogP contribution in [0.15, 0.2) is 29.3 Å². The molecule has 1 N–H and O–H groups in total. The Bertz CT molecular complexity index is 663. The number of hydrogen-bond acceptors (Lipinski definition) is 3. The molecule has 148 valence electrons. The van der Waals surface area contributed by atoms with Crippen molar-refractivity contribution in [1.29, 1.82) is 0 Å². The van der Waals surface area contributed by atoms with E-state index in [1.165, 1.54) is 17.7 Å². The van der Waals surface area contributed by atoms with Gasteiger partial charge in [0.05, 0.1) is 19.1 Å². The van der Waals surface area contributed by atoms with E-state index in [0.29, 0.717) is 13.2 Å². The lowest BCUT2D eigenvalue weighted by Crippen LogP contribution is -2.47. The number of aliphatic imine (C=N–C) groups is 1. The summed E-state index contributed by atoms with van der Waals surface area (Å²) < 4.78 is 18.4. The minimum Gasteiger partial charge on any atom is -0.466 e. The van der Waals surface area contributed by atoms with Gasteiger partial charge in [0, 0.05) is 25.0 Å². The van der Waals surface area contributed by atoms with E-state index in [1.807, 2.05) is 19.1 Å². The minimum atomic E-state index is -0.198. The van der Waals surface area contributed by atoms with E-state index in [9.17, 15) is 9.18 Å². The predicted molar refractivity (Wildman–Crippen MR) is 104 cm³/mol. The Morgan fingerprint density at radius 1 is 1.26 bits per heavy atom. The largest absolute Gasteiger partial charge is 0.466 e. The van der Waals surface area contributed by atoms with Gasteiger partial charge in [-0.3, -0.25) is 9.79 Å². The molecular weight excluding hydrogens is 345 g/mol. The highest BCUT2D eigenvalue weighted by molar-refractivity contribution is 5.80. The fourth-order valence-electron chi connectivity index (χ4n) is 3.73. The molecule has 6 heteroatoms. The van der Waals surface area contributed by atoms with Crippen molar-refractivity contribution in [2.75, 3.05) is 32.8 Å². The summed E-state index contributed by atoms with van der Waals surface area (Å²) in [5.41, 5.74) is 1.22. The average Bonchev–Trinajstić information content (AvgIpc) is 3.47. The molecule has 1 aliphatic heterocycles. The summed E-state index contributed by atoms with van der Waals surface area (Å²) in [6, 6.07) is 6.83. The number of likely N-dealkylation sites (tertiary alicyclic amines) is 1. The van der Waals surface area contributed by atoms with E-state index >= 15 is 0 Å². The highest BCUT2D eigenvalue weighted by Gasteiger charge is 2.44. The van der Waals surface area contributed by atoms with Crippen LogP contribution >= 0.6 is 0 Å². The van der Waals surface area contributed by atoms with Crippen LogP contribution in [0, 0.1) is 11.7 Å². The highest BCUT2D eigenvalue weighted by atomic mass is 19.1. The molecule has 1 aliphatic carbocycles. The van der Waals surface area contributed by atoms with E-state index in [-0.39, 0.29) is 23.1 Å². The van der Waals surface area contributed by atoms with Gasteiger partial charge in [0.1, 0.15) is 5.82 Å². The molecular formula is C21H30FN3O2. The molecule has 3 rings (SSSR count). The van der Waals surface area contributed by atoms with E-state index in [4.69, 9.17) is 9.73 Å². The van der Waals surface area contributed by atoms with Gasteiger partial charge >= 0.3 is 5.97 Å². The zero-order valence-electron chi connectivity index (χ0n) is 16.3. The quantitative estimate of drug-likeness (QED) is 0.472. The summed E-state index contributed by atoms with van der Waals surface area (Å²) >= 11 is 0. The van der Waals surface area contributed by atoms with E-state index in [2.05, 4.69) is 17.1 Å². The number of rotatable bonds is 6. The molecule has 1 aromatic carbocycles. The maximum Gasteiger partial charge on any atom is 0.309 e. The molecule has 0 spiro atoms. The minimum absolute atomic E-state index is 0.00179. The van der Waals surface area contributed by atoms with Gasteiger partial charge in [-0.15, -0.1) is 0 Å². The lowest BCUT2D eigenvalue weighted by atomic mass is 9.96. The monoisotopic (exact) mass is 375 g/mol. The van der Waals surface area contributed by atoms with Crippen molar-refractivity contribution in [2.45, 2.75) is 44.9 Å². The van der Waals surface area contributed by atoms with Crippen molar-refractivity contribution in [3.8, 4) is 0 Å². The van der Waals surface area contributed by atoms with Gasteiger partial charge in [-0.2, -0.15) is 0 Å². The first kappa shape index (κ1) is 19.6. The van der Waals surface area contributed by atoms with Gasteiger partial charge in [0.2, 0.25) is 0 Å². The van der Waals surface area contributed by atoms with Crippen LogP contribution in [-0.4, -0.2) is 49.6 Å². The van der Waals surface area contributed by atoms with Gasteiger partial charge in [-0.05, 0) is 57.2 Å². The summed E-state index contributed by atoms with van der Waals surface area (Å²) in [6.07, 6.45) is 3.78. The predicted octanol–water partition coefficient (Wildman–Crippen LogP) is 3.10. The third kappa shape index (κ3) is 4.79. The van der Waals surface area contributed by atoms with Crippen LogP contribution in [-0.2, 0) is 14.9 Å². The maximum atomic E-state index is 13.2. The van der Waals surface area contributed by atoms with Gasteiger partial charge in [-0.1, -0.05) is 12.1 Å². The first-order valence-electron chi connectivity index (χ1n) is 10.0. The van der Waals surface area contributed by atoms with Gasteiger partial charge in [-0.25, -0.2) is 4.39 Å². The third-order valence-electron chi connectivity index (χ3n) is 5.59. The van der Waals surface area contributed by atoms with Crippen molar-refractivity contribution in [1.82, 2.24) is 10.2 Å². The molecule has 0 radical (unpaired) electrons. The normalized spacial score (nSPS) is 19.7. The molecule has 0 aromatic heterocycles. The zero-order chi connectivity index (χ0) is 19.3. The smallest absolute Gasteiger partial charge is 0.309 e. The SMILES string of the molecule is CCNC(=NCC1(c2ccc(F)cc2)CC1)N1CCC(C(=O)OCC)CC1. The van der Waals surface area contributed by atoms with Crippen LogP contribution in [0.4, 0.5) is 4.39 Å². The summed E-state index contributed by atoms with van der Waals surface area (Å²) in [5, 5.41) is 3.38. The molecule has 0 atom stereocenters. The van der Waals surface area contributed by atoms with Crippen LogP contribution in [0.25, 0.3) is 0 Å². The number of nitrogens with one attached hydrogen (secondary N) is 1. The zero-order valence-corrected chi connectivity index (χ0v) is 16.3. The number of ether oxygens (including phenoxy) is 1. The van der Waals surface area contributed by atoms with Gasteiger partial charge < -0.3 is 15.0 Å². The van der Waals surface area contributed by atoms with Crippen LogP contribution in [0.1, 0.15) is 45.1 Å². The summed E-state index contributed by atoms with van der Waals surface area (Å²) in [4.78, 5) is 19.1. The number of hydrogen-bond donors (Lipinski definition) is 1. The number of carbonyl (C=O) groups excluding carboxylic acids is 1. The molecule has 1 heterocycles. The van der Waals surface area contributed by atoms with Crippen molar-refractivity contribution >= 4 is 11.9 Å². The molecule has 27 heavy (non-hydrogen) atoms. The number of halogens is 1. The Hall–Kier alpha value is -2.11. The summed E-state index contributed by atoms with van der Waals surface area (Å²) in [7, 11) is 0. The molecule has 5 nitrogen and oxygen atoms in total. The Kier molecular flexibility index (Phi) is 6.34. The Morgan fingerprint density at radius 2 is 1.93 bits per heavy atom. The van der Waals surface area contributed by atoms with Gasteiger partial charge in [0.15, 0.2) is 5.96 Å². The van der Waals surface area contributed by atoms with Crippen LogP contribution in [0.3, 0.4) is 0 Å². The average molecular weight is 375 g/mol. The molecule has 2 aliphatic rings. The fourth-order valence-corrected chi connectivity index (χ4v) is 3.73. The van der Waals surface area contributed by atoms with Crippen LogP contribution in [0.5, 0.6) is 0 Å². The van der Waals surface area contributed by atoms with Crippen molar-refractivity contribution in [3.63, 3.8) is 0 Å². The second-order valence-corrected chi connectivity index (χ2v) is 7.47. The second kappa shape index (κ2) is 8.72. The summed E-state index contributed by atoms with van der Waals surface area (Å²) in [6.45, 7) is 7.47. The molecule has 2 fully saturated rings. The van der Waals surface area contributed by atoms with Crippen LogP contribution in [0.2, 0.25) is 0 Å². The second-order valence-electron chi connectivity index (χ2n) is 7.47. The molecule has 1 aromatic rings. The van der Waals surface area contributed by atoms with E-state index in [1.54, 1.807) is 0 Å². The van der Waals surface area contributed by atoms with Crippen LogP contribution < -0.4 is 5.32 Å². The molecule has 0 amide bonds. The number of esters is 1. The first-order chi connectivity index (χ1) is 13.1. The van der Waals surface area contributed by atoms with E-state index in [0.717, 1.165) is 51.3 Å². The molecule has 0 unspecified atom stereocenters. The number of carbonyl (C=O) groups is 1. The summed E-state index contributed by atoms with van der Waals surface area (Å²) in [5.74, 6) is 0.634.